The van der Waals surface area contributed by atoms with Crippen molar-refractivity contribution in [3.8, 4) is 0 Å². The lowest BCUT2D eigenvalue weighted by Crippen LogP contribution is -2.29. The highest BCUT2D eigenvalue weighted by atomic mass is 31.2. The van der Waals surface area contributed by atoms with Crippen LogP contribution in [-0.4, -0.2) is 65.7 Å². The van der Waals surface area contributed by atoms with Crippen LogP contribution in [0.1, 0.15) is 213 Å². The summed E-state index contributed by atoms with van der Waals surface area (Å²) >= 11 is 0. The van der Waals surface area contributed by atoms with Gasteiger partial charge in [-0.3, -0.25) is 18.6 Å². The molecule has 0 aromatic rings. The van der Waals surface area contributed by atoms with Crippen LogP contribution in [0.5, 0.6) is 0 Å². The first-order chi connectivity index (χ1) is 26.2. The Hall–Kier alpha value is -1.29. The number of rotatable bonds is 42. The standard InChI is InChI=1S/C43H83O10P/c1-3-5-7-9-11-13-15-17-19-21-23-25-27-29-31-33-35-43(47)53-41(39-52-54(48,49)51-37-40(45)36-44)38-50-42(46)34-32-30-28-26-24-22-20-18-16-14-12-10-8-6-4-2/h22,24,40-41,44-45H,3-21,23,25-39H2,1-2H3,(H,48,49)/b24-22+/t40-,41+/m0/s1. The van der Waals surface area contributed by atoms with Crippen LogP contribution in [0.4, 0.5) is 0 Å². The minimum absolute atomic E-state index is 0.187. The fourth-order valence-electron chi connectivity index (χ4n) is 6.22. The molecule has 1 unspecified atom stereocenters. The number of phosphoric ester groups is 1. The number of carbonyl (C=O) groups is 2. The number of aliphatic hydroxyl groups is 2. The second kappa shape index (κ2) is 39.9. The molecule has 0 saturated carbocycles. The number of ether oxygens (including phenoxy) is 2. The van der Waals surface area contributed by atoms with Crippen LogP contribution in [0.3, 0.4) is 0 Å². The van der Waals surface area contributed by atoms with Gasteiger partial charge in [0.2, 0.25) is 0 Å². The molecule has 3 atom stereocenters. The number of hydrogen-bond acceptors (Lipinski definition) is 9. The zero-order valence-electron chi connectivity index (χ0n) is 34.7. The molecular weight excluding hydrogens is 707 g/mol. The Kier molecular flexibility index (Phi) is 39.0. The van der Waals surface area contributed by atoms with E-state index in [0.717, 1.165) is 44.9 Å². The van der Waals surface area contributed by atoms with Crippen molar-refractivity contribution in [1.29, 1.82) is 0 Å². The number of hydrogen-bond donors (Lipinski definition) is 3. The first kappa shape index (κ1) is 52.7. The molecule has 0 saturated heterocycles. The van der Waals surface area contributed by atoms with Crippen LogP contribution in [-0.2, 0) is 32.7 Å². The lowest BCUT2D eigenvalue weighted by Gasteiger charge is -2.20. The van der Waals surface area contributed by atoms with Crippen molar-refractivity contribution in [3.05, 3.63) is 12.2 Å². The molecule has 0 aliphatic heterocycles. The Bertz CT molecular complexity index is 915. The Balaban J connectivity index is 4.28. The molecule has 0 amide bonds. The van der Waals surface area contributed by atoms with E-state index in [9.17, 15) is 24.2 Å². The molecule has 0 aromatic heterocycles. The summed E-state index contributed by atoms with van der Waals surface area (Å²) < 4.78 is 32.7. The lowest BCUT2D eigenvalue weighted by atomic mass is 10.0. The highest BCUT2D eigenvalue weighted by Gasteiger charge is 2.27. The predicted octanol–water partition coefficient (Wildman–Crippen LogP) is 11.6. The van der Waals surface area contributed by atoms with Crippen LogP contribution in [0.15, 0.2) is 12.2 Å². The number of aliphatic hydroxyl groups excluding tert-OH is 2. The van der Waals surface area contributed by atoms with Crippen molar-refractivity contribution in [3.63, 3.8) is 0 Å². The summed E-state index contributed by atoms with van der Waals surface area (Å²) in [5.41, 5.74) is 0. The van der Waals surface area contributed by atoms with Crippen molar-refractivity contribution in [1.82, 2.24) is 0 Å². The van der Waals surface area contributed by atoms with E-state index >= 15 is 0 Å². The summed E-state index contributed by atoms with van der Waals surface area (Å²) in [5.74, 6) is -0.932. The number of carbonyl (C=O) groups excluding carboxylic acids is 2. The van der Waals surface area contributed by atoms with E-state index < -0.39 is 51.8 Å². The minimum Gasteiger partial charge on any atom is -0.462 e. The van der Waals surface area contributed by atoms with Gasteiger partial charge in [0.15, 0.2) is 6.10 Å². The topological polar surface area (TPSA) is 149 Å². The Morgan fingerprint density at radius 2 is 0.907 bits per heavy atom. The van der Waals surface area contributed by atoms with E-state index in [4.69, 9.17) is 19.1 Å². The number of allylic oxidation sites excluding steroid dienone is 2. The van der Waals surface area contributed by atoms with Gasteiger partial charge in [0.05, 0.1) is 19.8 Å². The van der Waals surface area contributed by atoms with Crippen LogP contribution in [0.2, 0.25) is 0 Å². The van der Waals surface area contributed by atoms with E-state index in [-0.39, 0.29) is 19.4 Å². The summed E-state index contributed by atoms with van der Waals surface area (Å²) in [6.45, 7) is 2.39. The third kappa shape index (κ3) is 39.0. The van der Waals surface area contributed by atoms with Gasteiger partial charge >= 0.3 is 19.8 Å². The van der Waals surface area contributed by atoms with Crippen LogP contribution >= 0.6 is 7.82 Å². The second-order valence-corrected chi connectivity index (χ2v) is 16.5. The molecule has 0 fully saturated rings. The summed E-state index contributed by atoms with van der Waals surface area (Å²) in [7, 11) is -4.61. The zero-order chi connectivity index (χ0) is 39.8. The van der Waals surface area contributed by atoms with E-state index in [2.05, 4.69) is 30.5 Å². The molecule has 0 aromatic carbocycles. The summed E-state index contributed by atoms with van der Waals surface area (Å²) in [6.07, 6.45) is 37.5. The molecule has 54 heavy (non-hydrogen) atoms. The van der Waals surface area contributed by atoms with Crippen molar-refractivity contribution < 1.29 is 47.8 Å². The summed E-state index contributed by atoms with van der Waals surface area (Å²) in [5, 5.41) is 18.3. The molecule has 3 N–H and O–H groups in total. The average molecular weight is 791 g/mol. The molecule has 0 rings (SSSR count). The monoisotopic (exact) mass is 791 g/mol. The number of unbranched alkanes of at least 4 members (excludes halogenated alkanes) is 26. The van der Waals surface area contributed by atoms with Gasteiger partial charge in [-0.25, -0.2) is 4.57 Å². The van der Waals surface area contributed by atoms with Gasteiger partial charge in [0.25, 0.3) is 0 Å². The first-order valence-corrected chi connectivity index (χ1v) is 23.6. The molecular formula is C43H83O10P. The maximum absolute atomic E-state index is 12.6. The molecule has 0 aliphatic carbocycles. The third-order valence-corrected chi connectivity index (χ3v) is 10.6. The van der Waals surface area contributed by atoms with Gasteiger partial charge < -0.3 is 24.6 Å². The van der Waals surface area contributed by atoms with Crippen molar-refractivity contribution in [2.24, 2.45) is 0 Å². The second-order valence-electron chi connectivity index (χ2n) is 15.1. The first-order valence-electron chi connectivity index (χ1n) is 22.1. The van der Waals surface area contributed by atoms with Crippen LogP contribution in [0, 0.1) is 0 Å². The number of esters is 2. The highest BCUT2D eigenvalue weighted by Crippen LogP contribution is 2.43. The number of phosphoric acid groups is 1. The van der Waals surface area contributed by atoms with Gasteiger partial charge in [-0.05, 0) is 38.5 Å². The molecule has 0 heterocycles. The fraction of sp³-hybridized carbons (Fsp3) is 0.907. The maximum Gasteiger partial charge on any atom is 0.472 e. The maximum atomic E-state index is 12.6. The van der Waals surface area contributed by atoms with Gasteiger partial charge in [-0.15, -0.1) is 0 Å². The van der Waals surface area contributed by atoms with E-state index in [1.165, 1.54) is 128 Å². The predicted molar refractivity (Wildman–Crippen MR) is 219 cm³/mol. The fourth-order valence-corrected chi connectivity index (χ4v) is 7.01. The van der Waals surface area contributed by atoms with E-state index in [1.807, 2.05) is 0 Å². The Labute approximate surface area is 330 Å². The largest absolute Gasteiger partial charge is 0.472 e. The van der Waals surface area contributed by atoms with Crippen molar-refractivity contribution in [2.45, 2.75) is 225 Å². The van der Waals surface area contributed by atoms with Crippen molar-refractivity contribution in [2.75, 3.05) is 26.4 Å². The zero-order valence-corrected chi connectivity index (χ0v) is 35.6. The molecule has 0 aliphatic rings. The molecule has 11 heteroatoms. The smallest absolute Gasteiger partial charge is 0.462 e. The van der Waals surface area contributed by atoms with Gasteiger partial charge in [-0.2, -0.15) is 0 Å². The molecule has 0 radical (unpaired) electrons. The van der Waals surface area contributed by atoms with Crippen LogP contribution in [0.25, 0.3) is 0 Å². The van der Waals surface area contributed by atoms with Gasteiger partial charge in [0, 0.05) is 12.8 Å². The van der Waals surface area contributed by atoms with Gasteiger partial charge in [-0.1, -0.05) is 174 Å². The third-order valence-electron chi connectivity index (χ3n) is 9.67. The van der Waals surface area contributed by atoms with Crippen molar-refractivity contribution >= 4 is 19.8 Å². The molecule has 0 bridgehead atoms. The van der Waals surface area contributed by atoms with Crippen LogP contribution < -0.4 is 0 Å². The molecule has 0 spiro atoms. The van der Waals surface area contributed by atoms with Gasteiger partial charge in [0.1, 0.15) is 12.7 Å². The normalized spacial score (nSPS) is 13.9. The minimum atomic E-state index is -4.61. The quantitative estimate of drug-likeness (QED) is 0.0236. The lowest BCUT2D eigenvalue weighted by molar-refractivity contribution is -0.161. The Morgan fingerprint density at radius 1 is 0.537 bits per heavy atom. The highest BCUT2D eigenvalue weighted by molar-refractivity contribution is 7.47. The average Bonchev–Trinajstić information content (AvgIpc) is 3.16. The van der Waals surface area contributed by atoms with E-state index in [1.54, 1.807) is 0 Å². The summed E-state index contributed by atoms with van der Waals surface area (Å²) in [6, 6.07) is 0. The molecule has 10 nitrogen and oxygen atoms in total. The van der Waals surface area contributed by atoms with E-state index in [0.29, 0.717) is 12.8 Å². The molecule has 320 valence electrons. The SMILES string of the molecule is CCCCCCCCCC/C=C/CCCCCC(=O)OC[C@H](COP(=O)(O)OC[C@@H](O)CO)OC(=O)CCCCCCCCCCCCCCCCCC. The summed E-state index contributed by atoms with van der Waals surface area (Å²) in [4.78, 5) is 35.0. The Morgan fingerprint density at radius 3 is 1.35 bits per heavy atom.